The van der Waals surface area contributed by atoms with E-state index in [1.54, 1.807) is 18.3 Å². The Morgan fingerprint density at radius 2 is 2.08 bits per heavy atom. The summed E-state index contributed by atoms with van der Waals surface area (Å²) in [6.07, 6.45) is 5.48. The van der Waals surface area contributed by atoms with Gasteiger partial charge in [0.1, 0.15) is 19.0 Å². The fraction of sp³-hybridized carbons (Fsp3) is 0.438. The first-order valence-electron chi connectivity index (χ1n) is 8.01. The van der Waals surface area contributed by atoms with Crippen molar-refractivity contribution < 1.29 is 17.9 Å². The molecule has 2 aromatic rings. The predicted molar refractivity (Wildman–Crippen MR) is 86.7 cm³/mol. The lowest BCUT2D eigenvalue weighted by molar-refractivity contribution is 0.171. The molecular weight excluding hydrogens is 330 g/mol. The van der Waals surface area contributed by atoms with Crippen LogP contribution in [0.25, 0.3) is 0 Å². The highest BCUT2D eigenvalue weighted by atomic mass is 32.2. The number of rotatable bonds is 4. The molecule has 0 saturated carbocycles. The summed E-state index contributed by atoms with van der Waals surface area (Å²) in [6, 6.07) is 4.70. The van der Waals surface area contributed by atoms with Crippen LogP contribution in [0.15, 0.2) is 35.5 Å². The minimum absolute atomic E-state index is 0.198. The van der Waals surface area contributed by atoms with Gasteiger partial charge in [0.2, 0.25) is 10.0 Å². The van der Waals surface area contributed by atoms with Gasteiger partial charge in [-0.25, -0.2) is 18.1 Å². The number of fused-ring (bicyclic) bond motifs is 2. The molecule has 8 heteroatoms. The van der Waals surface area contributed by atoms with Crippen molar-refractivity contribution in [3.05, 3.63) is 36.4 Å². The maximum atomic E-state index is 12.5. The topological polar surface area (TPSA) is 82.5 Å². The third-order valence-electron chi connectivity index (χ3n) is 4.44. The Bertz CT molecular complexity index is 847. The number of ether oxygens (including phenoxy) is 2. The van der Waals surface area contributed by atoms with E-state index in [0.29, 0.717) is 31.3 Å². The minimum Gasteiger partial charge on any atom is -0.486 e. The van der Waals surface area contributed by atoms with Crippen molar-refractivity contribution >= 4 is 10.0 Å². The summed E-state index contributed by atoms with van der Waals surface area (Å²) in [5.41, 5.74) is 0. The molecule has 2 aliphatic heterocycles. The normalized spacial score (nSPS) is 19.8. The van der Waals surface area contributed by atoms with Gasteiger partial charge < -0.3 is 14.0 Å². The van der Waals surface area contributed by atoms with Gasteiger partial charge in [-0.15, -0.1) is 0 Å². The van der Waals surface area contributed by atoms with Gasteiger partial charge in [-0.1, -0.05) is 0 Å². The first-order chi connectivity index (χ1) is 11.6. The zero-order valence-electron chi connectivity index (χ0n) is 13.1. The predicted octanol–water partition coefficient (Wildman–Crippen LogP) is 1.20. The number of nitrogens with one attached hydrogen (secondary N) is 1. The fourth-order valence-electron chi connectivity index (χ4n) is 3.09. The molecule has 0 spiro atoms. The van der Waals surface area contributed by atoms with Gasteiger partial charge in [0, 0.05) is 38.0 Å². The third kappa shape index (κ3) is 2.99. The molecule has 3 heterocycles. The number of hydrogen-bond donors (Lipinski definition) is 1. The summed E-state index contributed by atoms with van der Waals surface area (Å²) < 4.78 is 40.8. The van der Waals surface area contributed by atoms with Crippen LogP contribution in [0.2, 0.25) is 0 Å². The zero-order chi connectivity index (χ0) is 16.6. The van der Waals surface area contributed by atoms with Crippen molar-refractivity contribution in [2.24, 2.45) is 5.92 Å². The third-order valence-corrected chi connectivity index (χ3v) is 5.86. The summed E-state index contributed by atoms with van der Waals surface area (Å²) in [6.45, 7) is 2.20. The van der Waals surface area contributed by atoms with E-state index < -0.39 is 10.0 Å². The smallest absolute Gasteiger partial charge is 0.240 e. The lowest BCUT2D eigenvalue weighted by atomic mass is 9.98. The van der Waals surface area contributed by atoms with E-state index in [1.807, 2.05) is 6.20 Å². The molecule has 7 nitrogen and oxygen atoms in total. The van der Waals surface area contributed by atoms with Crippen LogP contribution in [0.5, 0.6) is 11.5 Å². The van der Waals surface area contributed by atoms with E-state index in [2.05, 4.69) is 14.3 Å². The zero-order valence-corrected chi connectivity index (χ0v) is 14.0. The molecule has 0 radical (unpaired) electrons. The maximum Gasteiger partial charge on any atom is 0.240 e. The van der Waals surface area contributed by atoms with E-state index in [1.165, 1.54) is 6.07 Å². The summed E-state index contributed by atoms with van der Waals surface area (Å²) >= 11 is 0. The quantitative estimate of drug-likeness (QED) is 0.897. The lowest BCUT2D eigenvalue weighted by Crippen LogP contribution is -2.33. The fourth-order valence-corrected chi connectivity index (χ4v) is 4.22. The number of aromatic nitrogens is 2. The number of benzene rings is 1. The number of hydrogen-bond acceptors (Lipinski definition) is 5. The van der Waals surface area contributed by atoms with Gasteiger partial charge in [-0.2, -0.15) is 0 Å². The Balaban J connectivity index is 1.44. The molecule has 0 unspecified atom stereocenters. The number of imidazole rings is 1. The second kappa shape index (κ2) is 6.10. The Labute approximate surface area is 140 Å². The Morgan fingerprint density at radius 1 is 1.25 bits per heavy atom. The molecule has 2 aliphatic rings. The molecule has 0 bridgehead atoms. The minimum atomic E-state index is -3.57. The Hall–Kier alpha value is -2.06. The van der Waals surface area contributed by atoms with Crippen molar-refractivity contribution in [3.63, 3.8) is 0 Å². The molecule has 1 aromatic carbocycles. The number of nitrogens with zero attached hydrogens (tertiary/aromatic N) is 2. The second-order valence-electron chi connectivity index (χ2n) is 6.05. The number of sulfonamides is 1. The van der Waals surface area contributed by atoms with E-state index in [9.17, 15) is 8.42 Å². The molecule has 24 heavy (non-hydrogen) atoms. The molecule has 0 fully saturated rings. The van der Waals surface area contributed by atoms with Crippen LogP contribution < -0.4 is 14.2 Å². The largest absolute Gasteiger partial charge is 0.486 e. The highest BCUT2D eigenvalue weighted by Gasteiger charge is 2.23. The van der Waals surface area contributed by atoms with Crippen molar-refractivity contribution in [1.82, 2.24) is 14.3 Å². The summed E-state index contributed by atoms with van der Waals surface area (Å²) in [4.78, 5) is 4.51. The molecule has 1 aromatic heterocycles. The second-order valence-corrected chi connectivity index (χ2v) is 7.82. The molecule has 1 N–H and O–H groups in total. The van der Waals surface area contributed by atoms with Crippen LogP contribution in [-0.2, 0) is 23.0 Å². The van der Waals surface area contributed by atoms with Crippen molar-refractivity contribution in [2.75, 3.05) is 19.8 Å². The van der Waals surface area contributed by atoms with Crippen LogP contribution in [0, 0.1) is 5.92 Å². The van der Waals surface area contributed by atoms with Gasteiger partial charge in [-0.05, 0) is 24.5 Å². The molecule has 1 atom stereocenters. The molecular formula is C16H19N3O4S. The van der Waals surface area contributed by atoms with Gasteiger partial charge in [0.15, 0.2) is 11.5 Å². The summed E-state index contributed by atoms with van der Waals surface area (Å²) in [7, 11) is -3.57. The van der Waals surface area contributed by atoms with Crippen LogP contribution >= 0.6 is 0 Å². The maximum absolute atomic E-state index is 12.5. The highest BCUT2D eigenvalue weighted by Crippen LogP contribution is 2.32. The van der Waals surface area contributed by atoms with E-state index in [0.717, 1.165) is 25.2 Å². The van der Waals surface area contributed by atoms with Gasteiger partial charge in [-0.3, -0.25) is 0 Å². The van der Waals surface area contributed by atoms with Crippen LogP contribution in [-0.4, -0.2) is 37.7 Å². The highest BCUT2D eigenvalue weighted by molar-refractivity contribution is 7.89. The Morgan fingerprint density at radius 3 is 2.96 bits per heavy atom. The average Bonchev–Trinajstić information content (AvgIpc) is 3.07. The van der Waals surface area contributed by atoms with Crippen LogP contribution in [0.4, 0.5) is 0 Å². The lowest BCUT2D eigenvalue weighted by Gasteiger charge is -2.23. The van der Waals surface area contributed by atoms with E-state index in [4.69, 9.17) is 9.47 Å². The molecule has 0 aliphatic carbocycles. The molecule has 4 rings (SSSR count). The monoisotopic (exact) mass is 349 g/mol. The number of aryl methyl sites for hydroxylation is 1. The SMILES string of the molecule is O=S(=O)(NC[C@@H]1CCn2ccnc2C1)c1ccc2c(c1)OCCO2. The molecule has 0 saturated heterocycles. The van der Waals surface area contributed by atoms with Crippen molar-refractivity contribution in [2.45, 2.75) is 24.3 Å². The van der Waals surface area contributed by atoms with Crippen LogP contribution in [0.1, 0.15) is 12.2 Å². The van der Waals surface area contributed by atoms with Crippen molar-refractivity contribution in [1.29, 1.82) is 0 Å². The Kier molecular flexibility index (Phi) is 3.93. The van der Waals surface area contributed by atoms with Gasteiger partial charge in [0.05, 0.1) is 4.90 Å². The van der Waals surface area contributed by atoms with E-state index in [-0.39, 0.29) is 10.8 Å². The first kappa shape index (κ1) is 15.5. The summed E-state index contributed by atoms with van der Waals surface area (Å²) in [5, 5.41) is 0. The first-order valence-corrected chi connectivity index (χ1v) is 9.49. The van der Waals surface area contributed by atoms with Gasteiger partial charge in [0.25, 0.3) is 0 Å². The van der Waals surface area contributed by atoms with Crippen molar-refractivity contribution in [3.8, 4) is 11.5 Å². The van der Waals surface area contributed by atoms with E-state index >= 15 is 0 Å². The summed E-state index contributed by atoms with van der Waals surface area (Å²) in [5.74, 6) is 2.33. The average molecular weight is 349 g/mol. The molecule has 128 valence electrons. The standard InChI is InChI=1S/C16H19N3O4S/c20-24(21,13-1-2-14-15(10-13)23-8-7-22-14)18-11-12-3-5-19-6-4-17-16(19)9-12/h1-2,4,6,10,12,18H,3,5,7-9,11H2/t12-/m1/s1. The van der Waals surface area contributed by atoms with Crippen LogP contribution in [0.3, 0.4) is 0 Å². The molecule has 0 amide bonds. The van der Waals surface area contributed by atoms with Gasteiger partial charge >= 0.3 is 0 Å².